The molecule has 0 radical (unpaired) electrons. The van der Waals surface area contributed by atoms with Gasteiger partial charge in [-0.15, -0.1) is 0 Å². The predicted molar refractivity (Wildman–Crippen MR) is 121 cm³/mol. The zero-order chi connectivity index (χ0) is 21.3. The number of hydrogen-bond acceptors (Lipinski definition) is 6. The first kappa shape index (κ1) is 21.0. The summed E-state index contributed by atoms with van der Waals surface area (Å²) in [6.07, 6.45) is 13.1. The lowest BCUT2D eigenvalue weighted by Crippen LogP contribution is -2.32. The molecule has 0 saturated carbocycles. The molecule has 2 atom stereocenters. The Labute approximate surface area is 185 Å². The van der Waals surface area contributed by atoms with Gasteiger partial charge in [-0.25, -0.2) is 13.6 Å². The topological polar surface area (TPSA) is 89.7 Å². The van der Waals surface area contributed by atoms with Crippen molar-refractivity contribution in [3.63, 3.8) is 0 Å². The van der Waals surface area contributed by atoms with Gasteiger partial charge in [-0.2, -0.15) is 0 Å². The molecule has 2 N–H and O–H groups in total. The van der Waals surface area contributed by atoms with Gasteiger partial charge >= 0.3 is 0 Å². The summed E-state index contributed by atoms with van der Waals surface area (Å²) in [5, 5.41) is 5.14. The highest BCUT2D eigenvalue weighted by Gasteiger charge is 2.34. The van der Waals surface area contributed by atoms with Crippen molar-refractivity contribution in [2.24, 2.45) is 11.1 Å². The number of sulfonamides is 1. The molecule has 1 saturated heterocycles. The summed E-state index contributed by atoms with van der Waals surface area (Å²) < 4.78 is 29.3. The van der Waals surface area contributed by atoms with Crippen LogP contribution in [-0.4, -0.2) is 30.1 Å². The van der Waals surface area contributed by atoms with E-state index in [0.717, 1.165) is 12.0 Å². The number of benzene rings is 1. The van der Waals surface area contributed by atoms with Crippen LogP contribution < -0.4 is 5.14 Å². The molecule has 30 heavy (non-hydrogen) atoms. The minimum atomic E-state index is -3.73. The molecule has 156 valence electrons. The highest BCUT2D eigenvalue weighted by atomic mass is 32.2. The van der Waals surface area contributed by atoms with Gasteiger partial charge in [-0.3, -0.25) is 9.69 Å². The molecule has 0 spiro atoms. The van der Waals surface area contributed by atoms with Crippen LogP contribution >= 0.6 is 24.0 Å². The van der Waals surface area contributed by atoms with Crippen LogP contribution in [0.1, 0.15) is 24.5 Å². The second-order valence-electron chi connectivity index (χ2n) is 7.16. The van der Waals surface area contributed by atoms with Crippen LogP contribution in [0.5, 0.6) is 0 Å². The number of nitrogens with zero attached hydrogens (tertiary/aromatic N) is 1. The number of rotatable bonds is 5. The lowest BCUT2D eigenvalue weighted by atomic mass is 10.0. The van der Waals surface area contributed by atoms with Gasteiger partial charge in [0.1, 0.15) is 16.2 Å². The van der Waals surface area contributed by atoms with Gasteiger partial charge in [0, 0.05) is 13.0 Å². The summed E-state index contributed by atoms with van der Waals surface area (Å²) in [6.45, 7) is 0.571. The second kappa shape index (κ2) is 8.50. The second-order valence-corrected chi connectivity index (χ2v) is 10.4. The number of amides is 1. The van der Waals surface area contributed by atoms with Crippen molar-refractivity contribution in [2.45, 2.75) is 23.8 Å². The van der Waals surface area contributed by atoms with Crippen molar-refractivity contribution < 1.29 is 17.9 Å². The van der Waals surface area contributed by atoms with Gasteiger partial charge in [0.05, 0.1) is 9.80 Å². The Kier molecular flexibility index (Phi) is 5.97. The Morgan fingerprint density at radius 1 is 1.23 bits per heavy atom. The number of hydrogen-bond donors (Lipinski definition) is 1. The number of primary sulfonamides is 1. The van der Waals surface area contributed by atoms with Gasteiger partial charge < -0.3 is 4.74 Å². The zero-order valence-electron chi connectivity index (χ0n) is 15.9. The molecular formula is C21H20N2O4S3. The van der Waals surface area contributed by atoms with Crippen LogP contribution in [0, 0.1) is 5.92 Å². The van der Waals surface area contributed by atoms with Crippen LogP contribution in [-0.2, 0) is 19.6 Å². The maximum absolute atomic E-state index is 12.8. The van der Waals surface area contributed by atoms with Crippen molar-refractivity contribution in [1.29, 1.82) is 0 Å². The molecule has 1 aromatic rings. The Bertz CT molecular complexity index is 1100. The molecule has 2 aliphatic heterocycles. The van der Waals surface area contributed by atoms with Crippen molar-refractivity contribution in [2.75, 3.05) is 6.54 Å². The Morgan fingerprint density at radius 2 is 2.00 bits per heavy atom. The summed E-state index contributed by atoms with van der Waals surface area (Å²) in [7, 11) is -3.73. The zero-order valence-corrected chi connectivity index (χ0v) is 18.4. The van der Waals surface area contributed by atoms with E-state index in [1.54, 1.807) is 23.1 Å². The first-order valence-electron chi connectivity index (χ1n) is 9.39. The van der Waals surface area contributed by atoms with Gasteiger partial charge in [-0.1, -0.05) is 60.4 Å². The van der Waals surface area contributed by atoms with E-state index in [0.29, 0.717) is 28.0 Å². The average Bonchev–Trinajstić information content (AvgIpc) is 3.29. The molecule has 4 rings (SSSR count). The molecule has 2 heterocycles. The van der Waals surface area contributed by atoms with Crippen LogP contribution in [0.25, 0.3) is 0 Å². The van der Waals surface area contributed by atoms with Gasteiger partial charge in [0.25, 0.3) is 5.91 Å². The predicted octanol–water partition coefficient (Wildman–Crippen LogP) is 3.56. The molecule has 1 aliphatic carbocycles. The Balaban J connectivity index is 1.41. The highest BCUT2D eigenvalue weighted by Crippen LogP contribution is 2.37. The molecule has 6 nitrogen and oxygen atoms in total. The molecule has 0 bridgehead atoms. The third-order valence-electron chi connectivity index (χ3n) is 5.03. The van der Waals surface area contributed by atoms with Crippen LogP contribution in [0.15, 0.2) is 76.3 Å². The van der Waals surface area contributed by atoms with Gasteiger partial charge in [0.2, 0.25) is 10.0 Å². The fraction of sp³-hybridized carbons (Fsp3) is 0.238. The normalized spacial score (nSPS) is 25.2. The monoisotopic (exact) mass is 460 g/mol. The van der Waals surface area contributed by atoms with Crippen LogP contribution in [0.3, 0.4) is 0 Å². The van der Waals surface area contributed by atoms with Crippen molar-refractivity contribution in [3.8, 4) is 0 Å². The molecule has 0 aromatic heterocycles. The van der Waals surface area contributed by atoms with E-state index in [1.807, 2.05) is 18.2 Å². The van der Waals surface area contributed by atoms with Crippen molar-refractivity contribution in [3.05, 3.63) is 76.9 Å². The van der Waals surface area contributed by atoms with E-state index in [4.69, 9.17) is 22.1 Å². The van der Waals surface area contributed by atoms with Crippen molar-refractivity contribution >= 4 is 44.2 Å². The lowest BCUT2D eigenvalue weighted by Gasteiger charge is -2.20. The van der Waals surface area contributed by atoms with E-state index in [-0.39, 0.29) is 22.8 Å². The maximum atomic E-state index is 12.8. The molecular weight excluding hydrogens is 440 g/mol. The largest absolute Gasteiger partial charge is 0.486 e. The molecule has 2 unspecified atom stereocenters. The number of nitrogens with two attached hydrogens (primary N) is 1. The number of thiocarbonyl (C=S) groups is 1. The van der Waals surface area contributed by atoms with E-state index in [9.17, 15) is 13.2 Å². The summed E-state index contributed by atoms with van der Waals surface area (Å²) in [6, 6.07) is 6.30. The van der Waals surface area contributed by atoms with E-state index < -0.39 is 10.0 Å². The standard InChI is InChI=1S/C21H20N2O4S3/c22-30(25,26)17-9-6-15(7-10-17)18-11-8-16(27-18)12-19-20(24)23(21(28)29-19)13-14-4-2-1-3-5-14/h1-4,6-10,12,14,18H,5,11,13H2,(H2,22,25,26)/b19-12-. The van der Waals surface area contributed by atoms with E-state index in [1.165, 1.54) is 23.9 Å². The van der Waals surface area contributed by atoms with E-state index in [2.05, 4.69) is 12.2 Å². The molecule has 9 heteroatoms. The summed E-state index contributed by atoms with van der Waals surface area (Å²) in [4.78, 5) is 15.1. The minimum absolute atomic E-state index is 0.0596. The molecule has 1 fully saturated rings. The third kappa shape index (κ3) is 4.59. The molecule has 1 amide bonds. The first-order chi connectivity index (χ1) is 14.3. The van der Waals surface area contributed by atoms with Gasteiger partial charge in [-0.05, 0) is 42.2 Å². The number of thioether (sulfide) groups is 1. The Morgan fingerprint density at radius 3 is 2.67 bits per heavy atom. The van der Waals surface area contributed by atoms with Crippen LogP contribution in [0.4, 0.5) is 0 Å². The first-order valence-corrected chi connectivity index (χ1v) is 12.2. The maximum Gasteiger partial charge on any atom is 0.266 e. The number of carbonyl (C=O) groups excluding carboxylic acids is 1. The number of ether oxygens (including phenoxy) is 1. The Hall–Kier alpha value is -2.20. The fourth-order valence-corrected chi connectivity index (χ4v) is 5.21. The number of allylic oxidation sites excluding steroid dienone is 4. The minimum Gasteiger partial charge on any atom is -0.486 e. The quantitative estimate of drug-likeness (QED) is 0.534. The SMILES string of the molecule is NS(=O)(=O)c1ccc(C2CC=C(/C=C3\SC(=S)N(CC4C=CC=CC4)C3=O)O2)cc1. The summed E-state index contributed by atoms with van der Waals surface area (Å²) in [5.74, 6) is 0.776. The number of carbonyl (C=O) groups is 1. The van der Waals surface area contributed by atoms with Gasteiger partial charge in [0.15, 0.2) is 0 Å². The smallest absolute Gasteiger partial charge is 0.266 e. The fourth-order valence-electron chi connectivity index (χ4n) is 3.44. The summed E-state index contributed by atoms with van der Waals surface area (Å²) >= 11 is 6.70. The van der Waals surface area contributed by atoms with Crippen molar-refractivity contribution in [1.82, 2.24) is 4.90 Å². The summed E-state index contributed by atoms with van der Waals surface area (Å²) in [5.41, 5.74) is 0.840. The van der Waals surface area contributed by atoms with E-state index >= 15 is 0 Å². The van der Waals surface area contributed by atoms with Crippen LogP contribution in [0.2, 0.25) is 0 Å². The highest BCUT2D eigenvalue weighted by molar-refractivity contribution is 8.26. The third-order valence-corrected chi connectivity index (χ3v) is 7.33. The molecule has 3 aliphatic rings. The lowest BCUT2D eigenvalue weighted by molar-refractivity contribution is -0.122. The average molecular weight is 461 g/mol. The molecule has 1 aromatic carbocycles.